The van der Waals surface area contributed by atoms with Crippen LogP contribution in [0.15, 0.2) is 60.7 Å². The first kappa shape index (κ1) is 46.1. The highest BCUT2D eigenvalue weighted by atomic mass is 16.6. The minimum atomic E-state index is -1.20. The quantitative estimate of drug-likeness (QED) is 0.188. The summed E-state index contributed by atoms with van der Waals surface area (Å²) in [7, 11) is 4.67. The van der Waals surface area contributed by atoms with Gasteiger partial charge in [0, 0.05) is 34.2 Å². The fourth-order valence-corrected chi connectivity index (χ4v) is 7.15. The molecule has 0 aromatic heterocycles. The number of carbonyl (C=O) groups excluding carboxylic acids is 5. The molecule has 4 N–H and O–H groups in total. The van der Waals surface area contributed by atoms with Gasteiger partial charge in [-0.2, -0.15) is 0 Å². The number of ether oxygens (including phenoxy) is 3. The van der Waals surface area contributed by atoms with Crippen LogP contribution in [-0.2, 0) is 44.6 Å². The number of likely N-dealkylation sites (N-methyl/N-ethyl adjacent to an activating group) is 1. The van der Waals surface area contributed by atoms with Crippen LogP contribution in [-0.4, -0.2) is 109 Å². The highest BCUT2D eigenvalue weighted by molar-refractivity contribution is 5.92. The molecule has 7 atom stereocenters. The molecule has 3 rings (SSSR count). The number of rotatable bonds is 18. The van der Waals surface area contributed by atoms with Crippen molar-refractivity contribution in [3.63, 3.8) is 0 Å². The molecule has 13 nitrogen and oxygen atoms in total. The van der Waals surface area contributed by atoms with Gasteiger partial charge in [-0.15, -0.1) is 0 Å². The molecule has 0 spiro atoms. The van der Waals surface area contributed by atoms with Crippen LogP contribution in [0.1, 0.15) is 91.8 Å². The van der Waals surface area contributed by atoms with Crippen molar-refractivity contribution in [1.82, 2.24) is 20.4 Å². The van der Waals surface area contributed by atoms with E-state index in [1.165, 1.54) is 19.1 Å². The topological polar surface area (TPSA) is 170 Å². The predicted octanol–water partition coefficient (Wildman–Crippen LogP) is 4.18. The molecule has 2 aromatic carbocycles. The lowest BCUT2D eigenvalue weighted by atomic mass is 9.92. The van der Waals surface area contributed by atoms with Crippen LogP contribution >= 0.6 is 0 Å². The molecule has 0 aliphatic carbocycles. The Balaban J connectivity index is 1.85. The Hall–Kier alpha value is -4.33. The first-order chi connectivity index (χ1) is 26.2. The van der Waals surface area contributed by atoms with Crippen molar-refractivity contribution in [2.45, 2.75) is 129 Å². The Morgan fingerprint density at radius 2 is 1.48 bits per heavy atom. The second-order valence-corrected chi connectivity index (χ2v) is 16.8. The van der Waals surface area contributed by atoms with E-state index < -0.39 is 71.2 Å². The third-order valence-electron chi connectivity index (χ3n) is 10.2. The normalized spacial score (nSPS) is 17.9. The van der Waals surface area contributed by atoms with E-state index in [-0.39, 0.29) is 30.6 Å². The van der Waals surface area contributed by atoms with E-state index in [9.17, 15) is 24.0 Å². The standard InChI is InChI=1S/C43H65N5O8/c1-27(2)35(46-41(53)43(7,8)44)39(51)47(9)36(30-21-16-13-17-22-30)33(54-10)26-34(49)48-24-18-23-32(48)37(55-11)28(3)38(50)45-31(40(52)56-42(4,5)6)25-29-19-14-12-15-20-29/h12-17,19-22,27-28,31-33,35-37H,18,23-26,44H2,1-11H3,(H,45,50)(H,46,53). The van der Waals surface area contributed by atoms with Crippen molar-refractivity contribution in [1.29, 1.82) is 0 Å². The van der Waals surface area contributed by atoms with Gasteiger partial charge in [0.05, 0.1) is 42.2 Å². The van der Waals surface area contributed by atoms with Crippen LogP contribution in [0.4, 0.5) is 0 Å². The molecule has 0 radical (unpaired) electrons. The smallest absolute Gasteiger partial charge is 0.329 e. The van der Waals surface area contributed by atoms with Gasteiger partial charge in [-0.05, 0) is 64.5 Å². The zero-order chi connectivity index (χ0) is 42.0. The van der Waals surface area contributed by atoms with Crippen molar-refractivity contribution >= 4 is 29.6 Å². The highest BCUT2D eigenvalue weighted by Gasteiger charge is 2.43. The maximum absolute atomic E-state index is 14.3. The largest absolute Gasteiger partial charge is 0.458 e. The predicted molar refractivity (Wildman–Crippen MR) is 215 cm³/mol. The van der Waals surface area contributed by atoms with Crippen LogP contribution < -0.4 is 16.4 Å². The Bertz CT molecular complexity index is 1610. The van der Waals surface area contributed by atoms with Crippen molar-refractivity contribution in [2.75, 3.05) is 27.8 Å². The van der Waals surface area contributed by atoms with Gasteiger partial charge in [-0.1, -0.05) is 81.4 Å². The third-order valence-corrected chi connectivity index (χ3v) is 10.2. The molecule has 2 aromatic rings. The van der Waals surface area contributed by atoms with Gasteiger partial charge >= 0.3 is 5.97 Å². The summed E-state index contributed by atoms with van der Waals surface area (Å²) in [4.78, 5) is 71.9. The Morgan fingerprint density at radius 1 is 0.893 bits per heavy atom. The monoisotopic (exact) mass is 779 g/mol. The maximum Gasteiger partial charge on any atom is 0.329 e. The SMILES string of the molecule is COC(CC(=O)N1CCCC1C(OC)C(C)C(=O)NC(Cc1ccccc1)C(=O)OC(C)(C)C)C(c1ccccc1)N(C)C(=O)C(NC(=O)C(C)(C)N)C(C)C. The van der Waals surface area contributed by atoms with Gasteiger partial charge < -0.3 is 40.4 Å². The Kier molecular flexibility index (Phi) is 16.6. The molecule has 56 heavy (non-hydrogen) atoms. The van der Waals surface area contributed by atoms with E-state index in [4.69, 9.17) is 19.9 Å². The van der Waals surface area contributed by atoms with Crippen LogP contribution in [0.2, 0.25) is 0 Å². The fourth-order valence-electron chi connectivity index (χ4n) is 7.15. The summed E-state index contributed by atoms with van der Waals surface area (Å²) in [5.41, 5.74) is 5.72. The molecule has 1 aliphatic heterocycles. The van der Waals surface area contributed by atoms with Crippen molar-refractivity contribution < 1.29 is 38.2 Å². The minimum absolute atomic E-state index is 0.0759. The average molecular weight is 780 g/mol. The van der Waals surface area contributed by atoms with Crippen molar-refractivity contribution in [2.24, 2.45) is 17.6 Å². The van der Waals surface area contributed by atoms with Gasteiger partial charge in [0.15, 0.2) is 0 Å². The molecular weight excluding hydrogens is 714 g/mol. The number of nitrogens with two attached hydrogens (primary N) is 1. The number of nitrogens with zero attached hydrogens (tertiary/aromatic N) is 2. The summed E-state index contributed by atoms with van der Waals surface area (Å²) in [5.74, 6) is -2.96. The van der Waals surface area contributed by atoms with E-state index in [0.29, 0.717) is 19.4 Å². The first-order valence-electron chi connectivity index (χ1n) is 19.5. The summed E-state index contributed by atoms with van der Waals surface area (Å²) < 4.78 is 17.7. The number of likely N-dealkylation sites (tertiary alicyclic amines) is 1. The van der Waals surface area contributed by atoms with E-state index in [0.717, 1.165) is 11.1 Å². The van der Waals surface area contributed by atoms with Gasteiger partial charge in [0.1, 0.15) is 17.7 Å². The van der Waals surface area contributed by atoms with Crippen LogP contribution in [0.25, 0.3) is 0 Å². The molecule has 1 heterocycles. The van der Waals surface area contributed by atoms with Crippen molar-refractivity contribution in [3.8, 4) is 0 Å². The van der Waals surface area contributed by atoms with Crippen LogP contribution in [0.3, 0.4) is 0 Å². The number of esters is 1. The molecule has 0 bridgehead atoms. The van der Waals surface area contributed by atoms with E-state index in [1.54, 1.807) is 53.5 Å². The molecular formula is C43H65N5O8. The van der Waals surface area contributed by atoms with Crippen molar-refractivity contribution in [3.05, 3.63) is 71.8 Å². The number of methoxy groups -OCH3 is 2. The van der Waals surface area contributed by atoms with Crippen LogP contribution in [0.5, 0.6) is 0 Å². The molecule has 13 heteroatoms. The lowest BCUT2D eigenvalue weighted by Gasteiger charge is -2.39. The lowest BCUT2D eigenvalue weighted by molar-refractivity contribution is -0.159. The molecule has 1 fully saturated rings. The molecule has 310 valence electrons. The Morgan fingerprint density at radius 3 is 2.00 bits per heavy atom. The molecule has 1 aliphatic rings. The number of benzene rings is 2. The number of hydrogen-bond acceptors (Lipinski definition) is 9. The van der Waals surface area contributed by atoms with Crippen LogP contribution in [0, 0.1) is 11.8 Å². The summed E-state index contributed by atoms with van der Waals surface area (Å²) in [6.45, 7) is 14.4. The molecule has 7 unspecified atom stereocenters. The zero-order valence-corrected chi connectivity index (χ0v) is 35.2. The molecule has 0 saturated carbocycles. The molecule has 4 amide bonds. The van der Waals surface area contributed by atoms with Gasteiger partial charge in [-0.25, -0.2) is 4.79 Å². The van der Waals surface area contributed by atoms with Gasteiger partial charge in [0.25, 0.3) is 0 Å². The molecule has 1 saturated heterocycles. The van der Waals surface area contributed by atoms with E-state index in [2.05, 4.69) is 10.6 Å². The zero-order valence-electron chi connectivity index (χ0n) is 35.2. The summed E-state index contributed by atoms with van der Waals surface area (Å²) in [5, 5.41) is 5.74. The minimum Gasteiger partial charge on any atom is -0.458 e. The lowest BCUT2D eigenvalue weighted by Crippen LogP contribution is -2.58. The van der Waals surface area contributed by atoms with Gasteiger partial charge in [0.2, 0.25) is 23.6 Å². The second kappa shape index (κ2) is 20.2. The summed E-state index contributed by atoms with van der Waals surface area (Å²) in [6, 6.07) is 15.8. The number of carbonyl (C=O) groups is 5. The Labute approximate surface area is 333 Å². The number of nitrogens with one attached hydrogen (secondary N) is 2. The van der Waals surface area contributed by atoms with E-state index in [1.807, 2.05) is 74.5 Å². The fraction of sp³-hybridized carbons (Fsp3) is 0.605. The average Bonchev–Trinajstić information content (AvgIpc) is 3.62. The second-order valence-electron chi connectivity index (χ2n) is 16.8. The first-order valence-corrected chi connectivity index (χ1v) is 19.5. The third kappa shape index (κ3) is 12.6. The maximum atomic E-state index is 14.3. The number of hydrogen-bond donors (Lipinski definition) is 3. The van der Waals surface area contributed by atoms with E-state index >= 15 is 0 Å². The van der Waals surface area contributed by atoms with Gasteiger partial charge in [-0.3, -0.25) is 19.2 Å². The summed E-state index contributed by atoms with van der Waals surface area (Å²) in [6.07, 6.45) is 0.0107. The highest BCUT2D eigenvalue weighted by Crippen LogP contribution is 2.32. The number of amides is 4. The summed E-state index contributed by atoms with van der Waals surface area (Å²) >= 11 is 0.